The number of benzene rings is 6. The van der Waals surface area contributed by atoms with E-state index in [2.05, 4.69) is 56.4 Å². The average Bonchev–Trinajstić information content (AvgIpc) is 0.824. The number of fused-ring (bicyclic) bond motifs is 2. The molecule has 6 aromatic carbocycles. The van der Waals surface area contributed by atoms with Crippen molar-refractivity contribution >= 4 is 47.0 Å². The molecular formula is C82H92Cl2N6O16. The average molecular weight is 1490 g/mol. The Morgan fingerprint density at radius 1 is 0.491 bits per heavy atom. The predicted octanol–water partition coefficient (Wildman–Crippen LogP) is 13.3. The maximum Gasteiger partial charge on any atom is 0.308 e. The lowest BCUT2D eigenvalue weighted by Gasteiger charge is -2.21. The number of nitrogens with one attached hydrogen (secondary N) is 2. The Labute approximate surface area is 628 Å². The number of aliphatic hydroxyl groups excluding tert-OH is 2. The lowest BCUT2D eigenvalue weighted by molar-refractivity contribution is -0.155. The Bertz CT molecular complexity index is 4170. The predicted molar refractivity (Wildman–Crippen MR) is 401 cm³/mol. The van der Waals surface area contributed by atoms with Crippen molar-refractivity contribution in [1.29, 1.82) is 0 Å². The first-order valence-electron chi connectivity index (χ1n) is 35.7. The van der Waals surface area contributed by atoms with Crippen LogP contribution in [0.1, 0.15) is 132 Å². The van der Waals surface area contributed by atoms with E-state index in [1.165, 1.54) is 12.4 Å². The number of halogens is 2. The third kappa shape index (κ3) is 21.8. The number of ether oxygens (including phenoxy) is 10. The van der Waals surface area contributed by atoms with Crippen LogP contribution < -0.4 is 48.5 Å². The first-order valence-corrected chi connectivity index (χ1v) is 36.4. The Morgan fingerprint density at radius 2 is 0.887 bits per heavy atom. The van der Waals surface area contributed by atoms with Gasteiger partial charge in [-0.2, -0.15) is 0 Å². The van der Waals surface area contributed by atoms with E-state index in [0.717, 1.165) is 91.7 Å². The van der Waals surface area contributed by atoms with Crippen LogP contribution in [0.2, 0.25) is 10.0 Å². The van der Waals surface area contributed by atoms with Crippen LogP contribution in [-0.4, -0.2) is 143 Å². The topological polar surface area (TPSA) is 257 Å². The van der Waals surface area contributed by atoms with Crippen molar-refractivity contribution in [2.75, 3.05) is 65.7 Å². The summed E-state index contributed by atoms with van der Waals surface area (Å²) in [5.74, 6) is 3.55. The number of amides is 2. The number of hydrogen-bond donors (Lipinski definition) is 4. The molecule has 24 heteroatoms. The zero-order chi connectivity index (χ0) is 75.1. The molecule has 0 unspecified atom stereocenters. The van der Waals surface area contributed by atoms with Gasteiger partial charge in [-0.1, -0.05) is 71.7 Å². The number of aliphatic hydroxyl groups is 2. The molecule has 2 amide bonds. The van der Waals surface area contributed by atoms with Gasteiger partial charge in [-0.05, 0) is 161 Å². The van der Waals surface area contributed by atoms with Crippen molar-refractivity contribution in [2.24, 2.45) is 0 Å². The maximum atomic E-state index is 12.9. The quantitative estimate of drug-likeness (QED) is 0.0367. The molecule has 8 aromatic rings. The summed E-state index contributed by atoms with van der Waals surface area (Å²) in [5, 5.41) is 26.7. The Balaban J connectivity index is 0.000000212. The summed E-state index contributed by atoms with van der Waals surface area (Å²) >= 11 is 13.6. The highest BCUT2D eigenvalue weighted by Crippen LogP contribution is 2.41. The van der Waals surface area contributed by atoms with E-state index in [9.17, 15) is 29.4 Å². The normalized spacial score (nSPS) is 15.5. The minimum atomic E-state index is -0.591. The van der Waals surface area contributed by atoms with Crippen molar-refractivity contribution in [3.05, 3.63) is 200 Å². The SMILES string of the molecule is Cc1c(COc2cc(OCc3cncc(C(=O)NCCC(=O)OC(C)(C)C)c3)c(CN3CC[C@H](O)C3)cc2Cl)cccc1-c1ccc2c(c1)OCCO2.Cc1c(COc2cc(OCc3cncc(C(=O)NCCC(=O)OC(C)(C)C)c3)c(CN3CC[C@H](O)C3)cc2Cl)cccc1-c1ccc2c(c1)OCCO2. The molecule has 0 radical (unpaired) electrons. The minimum absolute atomic E-state index is 0.0575. The van der Waals surface area contributed by atoms with Gasteiger partial charge in [0.25, 0.3) is 11.8 Å². The Hall–Kier alpha value is -9.68. The van der Waals surface area contributed by atoms with E-state index in [4.69, 9.17) is 70.6 Å². The van der Waals surface area contributed by atoms with E-state index >= 15 is 0 Å². The lowest BCUT2D eigenvalue weighted by atomic mass is 9.96. The number of aromatic nitrogens is 2. The van der Waals surface area contributed by atoms with Crippen LogP contribution in [-0.2, 0) is 58.6 Å². The largest absolute Gasteiger partial charge is 0.488 e. The molecule has 22 nitrogen and oxygen atoms in total. The molecule has 6 heterocycles. The molecule has 0 spiro atoms. The second-order valence-corrected chi connectivity index (χ2v) is 29.3. The molecule has 4 aliphatic heterocycles. The van der Waals surface area contributed by atoms with Crippen LogP contribution in [0.5, 0.6) is 46.0 Å². The third-order valence-electron chi connectivity index (χ3n) is 17.8. The number of hydrogen-bond acceptors (Lipinski definition) is 20. The molecule has 0 aliphatic carbocycles. The van der Waals surface area contributed by atoms with Crippen LogP contribution in [0, 0.1) is 13.8 Å². The van der Waals surface area contributed by atoms with E-state index < -0.39 is 11.2 Å². The fourth-order valence-corrected chi connectivity index (χ4v) is 13.1. The fourth-order valence-electron chi connectivity index (χ4n) is 12.6. The van der Waals surface area contributed by atoms with Crippen molar-refractivity contribution in [2.45, 2.75) is 144 Å². The summed E-state index contributed by atoms with van der Waals surface area (Å²) in [7, 11) is 0. The van der Waals surface area contributed by atoms with E-state index in [1.807, 2.05) is 72.8 Å². The Morgan fingerprint density at radius 3 is 1.27 bits per heavy atom. The van der Waals surface area contributed by atoms with Crippen molar-refractivity contribution in [3.63, 3.8) is 0 Å². The number of esters is 2. The zero-order valence-electron chi connectivity index (χ0n) is 61.2. The van der Waals surface area contributed by atoms with Gasteiger partial charge in [-0.15, -0.1) is 0 Å². The number of pyridine rings is 2. The van der Waals surface area contributed by atoms with Gasteiger partial charge in [-0.25, -0.2) is 0 Å². The van der Waals surface area contributed by atoms with Crippen molar-refractivity contribution in [3.8, 4) is 68.2 Å². The van der Waals surface area contributed by atoms with Crippen LogP contribution in [0.3, 0.4) is 0 Å². The molecule has 560 valence electrons. The van der Waals surface area contributed by atoms with Crippen molar-refractivity contribution in [1.82, 2.24) is 30.4 Å². The number of β-amino-alcohol motifs (C(OH)–C–C–N with tert-alkyl or cyclic N) is 2. The highest BCUT2D eigenvalue weighted by molar-refractivity contribution is 6.32. The highest BCUT2D eigenvalue weighted by atomic mass is 35.5. The summed E-state index contributed by atoms with van der Waals surface area (Å²) < 4.78 is 59.1. The second kappa shape index (κ2) is 35.6. The standard InChI is InChI=1S/2C41H46ClN3O8/c2*1-26-29(6-5-7-33(26)28-8-9-35-38(18-28)50-15-14-49-35)25-52-37-19-36(31(17-34(37)42)22-45-13-11-32(46)23-45)51-24-27-16-30(21-43-20-27)40(48)44-12-10-39(47)53-41(2,3)4/h2*5-9,16-21,32,46H,10-15,22-25H2,1-4H3,(H,44,48)/t2*32-/m00/s1. The molecule has 2 fully saturated rings. The van der Waals surface area contributed by atoms with Gasteiger partial charge < -0.3 is 68.2 Å². The van der Waals surface area contributed by atoms with E-state index in [-0.39, 0.29) is 88.3 Å². The summed E-state index contributed by atoms with van der Waals surface area (Å²) in [5.41, 5.74) is 10.9. The molecular weight excluding hydrogens is 1400 g/mol. The highest BCUT2D eigenvalue weighted by Gasteiger charge is 2.27. The smallest absolute Gasteiger partial charge is 0.308 e. The van der Waals surface area contributed by atoms with E-state index in [1.54, 1.807) is 78.2 Å². The molecule has 2 aromatic heterocycles. The molecule has 0 saturated carbocycles. The molecule has 4 N–H and O–H groups in total. The second-order valence-electron chi connectivity index (χ2n) is 28.5. The molecule has 0 bridgehead atoms. The number of carbonyl (C=O) groups is 4. The van der Waals surface area contributed by atoms with Gasteiger partial charge in [0.15, 0.2) is 23.0 Å². The summed E-state index contributed by atoms with van der Waals surface area (Å²) in [4.78, 5) is 62.6. The van der Waals surface area contributed by atoms with Crippen LogP contribution >= 0.6 is 23.2 Å². The van der Waals surface area contributed by atoms with Crippen LogP contribution in [0.4, 0.5) is 0 Å². The van der Waals surface area contributed by atoms with Crippen molar-refractivity contribution < 1.29 is 76.8 Å². The monoisotopic (exact) mass is 1490 g/mol. The lowest BCUT2D eigenvalue weighted by Crippen LogP contribution is -2.29. The van der Waals surface area contributed by atoms with Gasteiger partial charge in [0.1, 0.15) is 87.1 Å². The number of likely N-dealkylation sites (tertiary alicyclic amines) is 2. The summed E-state index contributed by atoms with van der Waals surface area (Å²) in [6.07, 6.45) is 6.99. The van der Waals surface area contributed by atoms with Gasteiger partial charge in [0.2, 0.25) is 0 Å². The number of rotatable bonds is 26. The van der Waals surface area contributed by atoms with Gasteiger partial charge in [0.05, 0.1) is 46.2 Å². The van der Waals surface area contributed by atoms with Crippen LogP contribution in [0.25, 0.3) is 22.3 Å². The summed E-state index contributed by atoms with van der Waals surface area (Å²) in [6, 6.07) is 34.9. The number of nitrogens with zero attached hydrogens (tertiary/aromatic N) is 4. The van der Waals surface area contributed by atoms with Gasteiger partial charge >= 0.3 is 11.9 Å². The molecule has 12 rings (SSSR count). The first-order chi connectivity index (χ1) is 50.8. The molecule has 2 saturated heterocycles. The number of carbonyl (C=O) groups excluding carboxylic acids is 4. The summed E-state index contributed by atoms with van der Waals surface area (Å²) in [6.45, 7) is 21.8. The third-order valence-corrected chi connectivity index (χ3v) is 18.4. The fraction of sp³-hybridized carbons (Fsp3) is 0.390. The first kappa shape index (κ1) is 77.4. The van der Waals surface area contributed by atoms with E-state index in [0.29, 0.717) is 121 Å². The minimum Gasteiger partial charge on any atom is -0.488 e. The zero-order valence-corrected chi connectivity index (χ0v) is 62.7. The molecule has 106 heavy (non-hydrogen) atoms. The van der Waals surface area contributed by atoms with Crippen LogP contribution in [0.15, 0.2) is 134 Å². The van der Waals surface area contributed by atoms with Gasteiger partial charge in [-0.3, -0.25) is 38.9 Å². The Kier molecular flexibility index (Phi) is 26.0. The molecule has 2 atom stereocenters. The van der Waals surface area contributed by atoms with Gasteiger partial charge in [0, 0.05) is 112 Å². The maximum absolute atomic E-state index is 12.9. The molecule has 4 aliphatic rings.